The van der Waals surface area contributed by atoms with Crippen LogP contribution in [-0.4, -0.2) is 45.8 Å². The Bertz CT molecular complexity index is 1600. The molecule has 1 aliphatic rings. The average Bonchev–Trinajstić information content (AvgIpc) is 3.47. The molecule has 1 saturated heterocycles. The van der Waals surface area contributed by atoms with E-state index in [9.17, 15) is 14.3 Å². The highest BCUT2D eigenvalue weighted by Crippen LogP contribution is 2.38. The van der Waals surface area contributed by atoms with Crippen molar-refractivity contribution in [3.8, 4) is 28.3 Å². The van der Waals surface area contributed by atoms with E-state index in [0.717, 1.165) is 0 Å². The van der Waals surface area contributed by atoms with Crippen LogP contribution >= 0.6 is 0 Å². The number of fused-ring (bicyclic) bond motifs is 1. The molecule has 194 valence electrons. The minimum absolute atomic E-state index is 0.0886. The highest BCUT2D eigenvalue weighted by molar-refractivity contribution is 5.98. The van der Waals surface area contributed by atoms with Gasteiger partial charge in [-0.1, -0.05) is 17.3 Å². The quantitative estimate of drug-likeness (QED) is 0.394. The maximum atomic E-state index is 15.6. The van der Waals surface area contributed by atoms with E-state index < -0.39 is 17.2 Å². The summed E-state index contributed by atoms with van der Waals surface area (Å²) in [6.07, 6.45) is 0.876. The molecule has 3 aromatic carbocycles. The second-order valence-corrected chi connectivity index (χ2v) is 10.3. The fourth-order valence-corrected chi connectivity index (χ4v) is 4.83. The molecular formula is C29H26F2N4O3. The summed E-state index contributed by atoms with van der Waals surface area (Å²) in [7, 11) is 0. The Hall–Kier alpha value is -4.13. The van der Waals surface area contributed by atoms with E-state index in [1.165, 1.54) is 24.3 Å². The van der Waals surface area contributed by atoms with E-state index in [4.69, 9.17) is 15.5 Å². The molecule has 3 N–H and O–H groups in total. The molecule has 1 aliphatic heterocycles. The monoisotopic (exact) mass is 516 g/mol. The molecule has 1 aromatic heterocycles. The number of carbonyl (C=O) groups is 1. The number of rotatable bonds is 5. The third kappa shape index (κ3) is 4.88. The maximum Gasteiger partial charge on any atom is 0.253 e. The first-order chi connectivity index (χ1) is 18.0. The zero-order valence-electron chi connectivity index (χ0n) is 21.0. The molecule has 0 bridgehead atoms. The maximum absolute atomic E-state index is 15.6. The van der Waals surface area contributed by atoms with Gasteiger partial charge in [-0.3, -0.25) is 4.79 Å². The van der Waals surface area contributed by atoms with Crippen LogP contribution in [0, 0.1) is 23.0 Å². The van der Waals surface area contributed by atoms with E-state index in [1.54, 1.807) is 49.1 Å². The van der Waals surface area contributed by atoms with Gasteiger partial charge in [0.15, 0.2) is 5.58 Å². The number of carbonyl (C=O) groups excluding carboxylic acids is 1. The van der Waals surface area contributed by atoms with Crippen molar-refractivity contribution in [2.24, 2.45) is 5.73 Å². The molecule has 5 rings (SSSR count). The van der Waals surface area contributed by atoms with Crippen molar-refractivity contribution in [2.45, 2.75) is 38.3 Å². The SMILES string of the molecule is CC(C)(O)Cc1noc2cc(-c3ccc(C(=O)N4CCC(N)C4)cc3-c3ccc(C#N)c(F)c3)c(F)cc12. The third-order valence-electron chi connectivity index (χ3n) is 6.70. The molecule has 1 unspecified atom stereocenters. The van der Waals surface area contributed by atoms with Crippen molar-refractivity contribution in [3.05, 3.63) is 77.0 Å². The van der Waals surface area contributed by atoms with Gasteiger partial charge < -0.3 is 20.3 Å². The van der Waals surface area contributed by atoms with Crippen molar-refractivity contribution in [1.82, 2.24) is 10.1 Å². The summed E-state index contributed by atoms with van der Waals surface area (Å²) < 4.78 is 35.7. The van der Waals surface area contributed by atoms with Gasteiger partial charge in [0.2, 0.25) is 0 Å². The van der Waals surface area contributed by atoms with Crippen molar-refractivity contribution >= 4 is 16.9 Å². The number of hydrogen-bond donors (Lipinski definition) is 2. The second-order valence-electron chi connectivity index (χ2n) is 10.3. The fraction of sp³-hybridized carbons (Fsp3) is 0.276. The predicted octanol–water partition coefficient (Wildman–Crippen LogP) is 4.80. The topological polar surface area (TPSA) is 116 Å². The number of nitrogens with two attached hydrogens (primary N) is 1. The Kier molecular flexibility index (Phi) is 6.47. The first kappa shape index (κ1) is 25.5. The van der Waals surface area contributed by atoms with Gasteiger partial charge in [0.1, 0.15) is 17.7 Å². The number of benzene rings is 3. The number of hydrogen-bond acceptors (Lipinski definition) is 6. The highest BCUT2D eigenvalue weighted by Gasteiger charge is 2.26. The van der Waals surface area contributed by atoms with Crippen LogP contribution in [0.3, 0.4) is 0 Å². The molecule has 9 heteroatoms. The van der Waals surface area contributed by atoms with Crippen molar-refractivity contribution in [3.63, 3.8) is 0 Å². The molecule has 2 heterocycles. The number of nitriles is 1. The normalized spacial score (nSPS) is 15.7. The molecule has 0 radical (unpaired) electrons. The predicted molar refractivity (Wildman–Crippen MR) is 138 cm³/mol. The summed E-state index contributed by atoms with van der Waals surface area (Å²) in [5.74, 6) is -1.51. The van der Waals surface area contributed by atoms with E-state index >= 15 is 4.39 Å². The molecule has 7 nitrogen and oxygen atoms in total. The molecule has 0 saturated carbocycles. The fourth-order valence-electron chi connectivity index (χ4n) is 4.83. The minimum Gasteiger partial charge on any atom is -0.390 e. The van der Waals surface area contributed by atoms with E-state index in [-0.39, 0.29) is 29.5 Å². The summed E-state index contributed by atoms with van der Waals surface area (Å²) in [4.78, 5) is 14.8. The lowest BCUT2D eigenvalue weighted by molar-refractivity contribution is 0.0785. The van der Waals surface area contributed by atoms with Gasteiger partial charge in [-0.05, 0) is 73.4 Å². The van der Waals surface area contributed by atoms with Crippen LogP contribution in [0.2, 0.25) is 0 Å². The summed E-state index contributed by atoms with van der Waals surface area (Å²) in [6.45, 7) is 4.22. The van der Waals surface area contributed by atoms with Crippen molar-refractivity contribution in [1.29, 1.82) is 5.26 Å². The van der Waals surface area contributed by atoms with Crippen molar-refractivity contribution in [2.75, 3.05) is 13.1 Å². The van der Waals surface area contributed by atoms with Gasteiger partial charge in [-0.15, -0.1) is 0 Å². The highest BCUT2D eigenvalue weighted by atomic mass is 19.1. The van der Waals surface area contributed by atoms with Gasteiger partial charge in [0, 0.05) is 42.1 Å². The third-order valence-corrected chi connectivity index (χ3v) is 6.70. The largest absolute Gasteiger partial charge is 0.390 e. The molecule has 0 spiro atoms. The van der Waals surface area contributed by atoms with E-state index in [2.05, 4.69) is 5.16 Å². The van der Waals surface area contributed by atoms with Gasteiger partial charge in [-0.2, -0.15) is 5.26 Å². The smallest absolute Gasteiger partial charge is 0.253 e. The van der Waals surface area contributed by atoms with Gasteiger partial charge >= 0.3 is 0 Å². The van der Waals surface area contributed by atoms with E-state index in [0.29, 0.717) is 58.4 Å². The Morgan fingerprint density at radius 1 is 1.16 bits per heavy atom. The molecule has 38 heavy (non-hydrogen) atoms. The molecule has 0 aliphatic carbocycles. The lowest BCUT2D eigenvalue weighted by Gasteiger charge is -2.18. The summed E-state index contributed by atoms with van der Waals surface area (Å²) in [5.41, 5.74) is 7.27. The molecule has 4 aromatic rings. The number of aliphatic hydroxyl groups is 1. The van der Waals surface area contributed by atoms with Crippen LogP contribution in [-0.2, 0) is 6.42 Å². The summed E-state index contributed by atoms with van der Waals surface area (Å²) >= 11 is 0. The van der Waals surface area contributed by atoms with Crippen molar-refractivity contribution < 1.29 is 23.2 Å². The van der Waals surface area contributed by atoms with Gasteiger partial charge in [0.25, 0.3) is 5.91 Å². The number of likely N-dealkylation sites (tertiary alicyclic amines) is 1. The average molecular weight is 517 g/mol. The van der Waals surface area contributed by atoms with Crippen LogP contribution < -0.4 is 5.73 Å². The summed E-state index contributed by atoms with van der Waals surface area (Å²) in [5, 5.41) is 23.8. The minimum atomic E-state index is -1.06. The van der Waals surface area contributed by atoms with Gasteiger partial charge in [-0.25, -0.2) is 8.78 Å². The number of halogens is 2. The Morgan fingerprint density at radius 2 is 1.95 bits per heavy atom. The second kappa shape index (κ2) is 9.63. The Morgan fingerprint density at radius 3 is 2.61 bits per heavy atom. The number of aromatic nitrogens is 1. The Balaban J connectivity index is 1.65. The number of nitrogens with zero attached hydrogens (tertiary/aromatic N) is 3. The zero-order valence-corrected chi connectivity index (χ0v) is 21.0. The first-order valence-electron chi connectivity index (χ1n) is 12.2. The lowest BCUT2D eigenvalue weighted by atomic mass is 9.91. The van der Waals surface area contributed by atoms with Crippen LogP contribution in [0.15, 0.2) is 53.1 Å². The van der Waals surface area contributed by atoms with E-state index in [1.807, 2.05) is 0 Å². The molecule has 1 fully saturated rings. The molecule has 1 amide bonds. The zero-order chi connectivity index (χ0) is 27.2. The molecule has 1 atom stereocenters. The van der Waals surface area contributed by atoms with Crippen LogP contribution in [0.4, 0.5) is 8.78 Å². The summed E-state index contributed by atoms with van der Waals surface area (Å²) in [6, 6.07) is 13.4. The van der Waals surface area contributed by atoms with Crippen LogP contribution in [0.1, 0.15) is 41.9 Å². The first-order valence-corrected chi connectivity index (χ1v) is 12.2. The number of amides is 1. The lowest BCUT2D eigenvalue weighted by Crippen LogP contribution is -2.31. The van der Waals surface area contributed by atoms with Crippen LogP contribution in [0.5, 0.6) is 0 Å². The molecular weight excluding hydrogens is 490 g/mol. The van der Waals surface area contributed by atoms with Gasteiger partial charge in [0.05, 0.1) is 16.9 Å². The van der Waals surface area contributed by atoms with Crippen LogP contribution in [0.25, 0.3) is 33.2 Å². The Labute approximate surface area is 218 Å². The standard InChI is InChI=1S/C29H26F2N4O3/c1-29(2,37)13-26-23-11-25(31)22(12-27(23)38-34-26)20-6-5-17(28(36)35-8-7-19(33)15-35)9-21(20)16-3-4-18(14-32)24(30)10-16/h3-6,9-12,19,37H,7-8,13,15,33H2,1-2H3.